The van der Waals surface area contributed by atoms with Crippen molar-refractivity contribution in [2.45, 2.75) is 106 Å². The third-order valence-corrected chi connectivity index (χ3v) is 5.62. The molecule has 2 unspecified atom stereocenters. The van der Waals surface area contributed by atoms with Gasteiger partial charge in [0.15, 0.2) is 0 Å². The highest BCUT2D eigenvalue weighted by Gasteiger charge is 2.25. The van der Waals surface area contributed by atoms with Gasteiger partial charge in [0.1, 0.15) is 12.0 Å². The van der Waals surface area contributed by atoms with E-state index in [2.05, 4.69) is 29.1 Å². The lowest BCUT2D eigenvalue weighted by molar-refractivity contribution is -0.122. The third-order valence-electron chi connectivity index (χ3n) is 5.62. The van der Waals surface area contributed by atoms with E-state index in [0.29, 0.717) is 17.3 Å². The highest BCUT2D eigenvalue weighted by Crippen LogP contribution is 2.36. The second kappa shape index (κ2) is 17.6. The summed E-state index contributed by atoms with van der Waals surface area (Å²) in [5.41, 5.74) is 2.58. The molecule has 3 N–H and O–H groups in total. The van der Waals surface area contributed by atoms with Crippen molar-refractivity contribution in [2.24, 2.45) is 11.8 Å². The van der Waals surface area contributed by atoms with Crippen LogP contribution in [0.2, 0.25) is 0 Å². The molecule has 2 fully saturated rings. The molecule has 0 radical (unpaired) electrons. The van der Waals surface area contributed by atoms with Gasteiger partial charge in [0, 0.05) is 18.7 Å². The molecule has 5 nitrogen and oxygen atoms in total. The Hall–Kier alpha value is -1.98. The quantitative estimate of drug-likeness (QED) is 0.422. The van der Waals surface area contributed by atoms with Crippen molar-refractivity contribution < 1.29 is 9.18 Å². The number of imidazole rings is 1. The van der Waals surface area contributed by atoms with E-state index in [9.17, 15) is 9.18 Å². The minimum absolute atomic E-state index is 0.211. The average Bonchev–Trinajstić information content (AvgIpc) is 3.24. The molecular formula is C26H47FN4O. The van der Waals surface area contributed by atoms with Crippen molar-refractivity contribution in [1.29, 1.82) is 5.41 Å². The van der Waals surface area contributed by atoms with E-state index in [1.54, 1.807) is 13.1 Å². The van der Waals surface area contributed by atoms with E-state index in [-0.39, 0.29) is 11.8 Å². The first-order chi connectivity index (χ1) is 15.2. The molecular weight excluding hydrogens is 403 g/mol. The van der Waals surface area contributed by atoms with Gasteiger partial charge >= 0.3 is 0 Å². The number of hydrogen-bond donors (Lipinski definition) is 3. The molecule has 1 saturated carbocycles. The number of amides is 1. The maximum Gasteiger partial charge on any atom is 0.220 e. The Balaban J connectivity index is 0.000000462. The second-order valence-electron chi connectivity index (χ2n) is 8.70. The van der Waals surface area contributed by atoms with Crippen LogP contribution in [0.5, 0.6) is 0 Å². The van der Waals surface area contributed by atoms with E-state index < -0.39 is 6.17 Å². The van der Waals surface area contributed by atoms with Crippen LogP contribution in [-0.2, 0) is 4.79 Å². The number of rotatable bonds is 4. The number of aromatic nitrogens is 2. The molecule has 32 heavy (non-hydrogen) atoms. The van der Waals surface area contributed by atoms with Crippen LogP contribution in [0.15, 0.2) is 17.8 Å². The minimum atomic E-state index is -0.837. The van der Waals surface area contributed by atoms with Crippen LogP contribution in [0.1, 0.15) is 111 Å². The van der Waals surface area contributed by atoms with Crippen LogP contribution >= 0.6 is 0 Å². The van der Waals surface area contributed by atoms with Crippen LogP contribution in [0.3, 0.4) is 0 Å². The lowest BCUT2D eigenvalue weighted by atomic mass is 9.85. The normalized spacial score (nSPS) is 19.7. The topological polar surface area (TPSA) is 81.6 Å². The fraction of sp³-hybridized carbons (Fsp3) is 0.731. The molecule has 184 valence electrons. The molecule has 1 aliphatic carbocycles. The average molecular weight is 451 g/mol. The Labute approximate surface area is 195 Å². The number of aryl methyl sites for hydroxylation is 1. The number of allylic oxidation sites excluding steroid dienone is 2. The third kappa shape index (κ3) is 13.4. The molecule has 2 atom stereocenters. The van der Waals surface area contributed by atoms with Gasteiger partial charge in [0.2, 0.25) is 5.91 Å². The number of nitrogens with zero attached hydrogens (tertiary/aromatic N) is 1. The van der Waals surface area contributed by atoms with Gasteiger partial charge in [-0.3, -0.25) is 4.79 Å². The van der Waals surface area contributed by atoms with E-state index in [1.165, 1.54) is 24.8 Å². The van der Waals surface area contributed by atoms with Crippen LogP contribution in [-0.4, -0.2) is 28.1 Å². The number of carbonyl (C=O) groups excluding carboxylic acids is 1. The predicted molar refractivity (Wildman–Crippen MR) is 134 cm³/mol. The SMILES string of the molecule is CC.CC/C(C)=C\C(C)=N.CC1CCC(=O)NC1.Cc1ncc(C(F)C2CCCCC2)[nH]1. The van der Waals surface area contributed by atoms with Crippen molar-refractivity contribution >= 4 is 11.6 Å². The Bertz CT molecular complexity index is 667. The summed E-state index contributed by atoms with van der Waals surface area (Å²) in [5.74, 6) is 1.91. The molecule has 1 saturated heterocycles. The first-order valence-corrected chi connectivity index (χ1v) is 12.4. The molecule has 0 bridgehead atoms. The standard InChI is InChI=1S/C11H17FN2.C7H13N.C6H11NO.C2H6/c1-8-13-7-10(14-8)11(12)9-5-3-2-4-6-9;1-4-6(2)5-7(3)8;1-5-2-3-6(8)7-4-5;1-2/h7,9,11H,2-6H2,1H3,(H,13,14);5,8H,4H2,1-3H3;5H,2-4H2,1H3,(H,7,8);1-2H3/b;6-5-,8-7?;;. The van der Waals surface area contributed by atoms with Gasteiger partial charge in [-0.2, -0.15) is 0 Å². The molecule has 3 rings (SSSR count). The monoisotopic (exact) mass is 450 g/mol. The number of piperidine rings is 1. The van der Waals surface area contributed by atoms with Crippen molar-refractivity contribution in [2.75, 3.05) is 6.54 Å². The molecule has 0 spiro atoms. The zero-order valence-corrected chi connectivity index (χ0v) is 21.5. The van der Waals surface area contributed by atoms with Gasteiger partial charge in [0.25, 0.3) is 0 Å². The smallest absolute Gasteiger partial charge is 0.220 e. The van der Waals surface area contributed by atoms with E-state index in [1.807, 2.05) is 33.8 Å². The Morgan fingerprint density at radius 3 is 2.25 bits per heavy atom. The maximum absolute atomic E-state index is 14.0. The Kier molecular flexibility index (Phi) is 16.5. The van der Waals surface area contributed by atoms with Gasteiger partial charge in [-0.1, -0.05) is 52.5 Å². The molecule has 1 aromatic rings. The first kappa shape index (κ1) is 30.0. The van der Waals surface area contributed by atoms with Crippen molar-refractivity contribution in [3.8, 4) is 0 Å². The van der Waals surface area contributed by atoms with Crippen LogP contribution in [0, 0.1) is 24.2 Å². The molecule has 1 aliphatic heterocycles. The summed E-state index contributed by atoms with van der Waals surface area (Å²) >= 11 is 0. The zero-order valence-electron chi connectivity index (χ0n) is 21.5. The summed E-state index contributed by atoms with van der Waals surface area (Å²) in [6.07, 6.45) is 11.2. The molecule has 2 heterocycles. The highest BCUT2D eigenvalue weighted by molar-refractivity contribution is 5.90. The number of carbonyl (C=O) groups is 1. The van der Waals surface area contributed by atoms with Crippen LogP contribution in [0.4, 0.5) is 4.39 Å². The van der Waals surface area contributed by atoms with Gasteiger partial charge in [-0.15, -0.1) is 0 Å². The molecule has 1 aromatic heterocycles. The van der Waals surface area contributed by atoms with Gasteiger partial charge in [-0.05, 0) is 64.4 Å². The molecule has 2 aliphatic rings. The number of hydrogen-bond acceptors (Lipinski definition) is 3. The second-order valence-corrected chi connectivity index (χ2v) is 8.70. The number of aromatic amines is 1. The first-order valence-electron chi connectivity index (χ1n) is 12.4. The number of nitrogens with one attached hydrogen (secondary N) is 3. The fourth-order valence-corrected chi connectivity index (χ4v) is 3.59. The van der Waals surface area contributed by atoms with E-state index in [0.717, 1.165) is 44.5 Å². The molecule has 1 amide bonds. The van der Waals surface area contributed by atoms with E-state index in [4.69, 9.17) is 5.41 Å². The number of halogens is 1. The molecule has 6 heteroatoms. The summed E-state index contributed by atoms with van der Waals surface area (Å²) in [7, 11) is 0. The Morgan fingerprint density at radius 2 is 1.88 bits per heavy atom. The summed E-state index contributed by atoms with van der Waals surface area (Å²) in [6, 6.07) is 0. The van der Waals surface area contributed by atoms with Crippen molar-refractivity contribution in [1.82, 2.24) is 15.3 Å². The molecule has 0 aromatic carbocycles. The summed E-state index contributed by atoms with van der Waals surface area (Å²) in [4.78, 5) is 17.5. The van der Waals surface area contributed by atoms with Gasteiger partial charge in [-0.25, -0.2) is 9.37 Å². The van der Waals surface area contributed by atoms with Crippen molar-refractivity contribution in [3.05, 3.63) is 29.4 Å². The van der Waals surface area contributed by atoms with Crippen molar-refractivity contribution in [3.63, 3.8) is 0 Å². The summed E-state index contributed by atoms with van der Waals surface area (Å²) in [5, 5.41) is 9.84. The van der Waals surface area contributed by atoms with Gasteiger partial charge < -0.3 is 15.7 Å². The number of alkyl halides is 1. The lowest BCUT2D eigenvalue weighted by Gasteiger charge is -2.24. The van der Waals surface area contributed by atoms with Crippen LogP contribution in [0.25, 0.3) is 0 Å². The Morgan fingerprint density at radius 1 is 1.25 bits per heavy atom. The minimum Gasteiger partial charge on any atom is -0.356 e. The zero-order chi connectivity index (χ0) is 24.5. The number of H-pyrrole nitrogens is 1. The highest BCUT2D eigenvalue weighted by atomic mass is 19.1. The van der Waals surface area contributed by atoms with Gasteiger partial charge in [0.05, 0.1) is 11.9 Å². The fourth-order valence-electron chi connectivity index (χ4n) is 3.59. The predicted octanol–water partition coefficient (Wildman–Crippen LogP) is 7.25. The maximum atomic E-state index is 14.0. The summed E-state index contributed by atoms with van der Waals surface area (Å²) < 4.78 is 14.0. The van der Waals surface area contributed by atoms with Crippen LogP contribution < -0.4 is 5.32 Å². The lowest BCUT2D eigenvalue weighted by Crippen LogP contribution is -2.33. The largest absolute Gasteiger partial charge is 0.356 e. The van der Waals surface area contributed by atoms with E-state index >= 15 is 0 Å². The summed E-state index contributed by atoms with van der Waals surface area (Å²) in [6.45, 7) is 14.8.